The minimum absolute atomic E-state index is 0.177. The van der Waals surface area contributed by atoms with Gasteiger partial charge in [0, 0.05) is 17.5 Å². The van der Waals surface area contributed by atoms with Gasteiger partial charge in [-0.15, -0.1) is 0 Å². The normalized spacial score (nSPS) is 21.0. The van der Waals surface area contributed by atoms with E-state index in [9.17, 15) is 0 Å². The topological polar surface area (TPSA) is 24.4 Å². The lowest BCUT2D eigenvalue weighted by Gasteiger charge is -2.18. The molecule has 0 bridgehead atoms. The van der Waals surface area contributed by atoms with Gasteiger partial charge < -0.3 is 5.43 Å². The van der Waals surface area contributed by atoms with Crippen LogP contribution >= 0.6 is 0 Å². The molecular formula is C13H18N2. The van der Waals surface area contributed by atoms with Crippen molar-refractivity contribution in [2.24, 2.45) is 10.5 Å². The number of hydrogen-bond acceptors (Lipinski definition) is 2. The Kier molecular flexibility index (Phi) is 2.51. The third kappa shape index (κ3) is 2.20. The molecule has 0 saturated carbocycles. The van der Waals surface area contributed by atoms with Crippen molar-refractivity contribution in [3.05, 3.63) is 35.9 Å². The Morgan fingerprint density at radius 3 is 2.40 bits per heavy atom. The third-order valence-corrected chi connectivity index (χ3v) is 2.82. The number of hydrogen-bond donors (Lipinski definition) is 1. The Balaban J connectivity index is 2.09. The molecule has 80 valence electrons. The number of nitrogens with zero attached hydrogens (tertiary/aromatic N) is 1. The summed E-state index contributed by atoms with van der Waals surface area (Å²) in [5, 5.41) is 4.43. The smallest absolute Gasteiger partial charge is 0.0742 e. The van der Waals surface area contributed by atoms with Crippen molar-refractivity contribution in [1.29, 1.82) is 0 Å². The minimum atomic E-state index is 0.177. The van der Waals surface area contributed by atoms with Crippen LogP contribution in [0.4, 0.5) is 0 Å². The first-order valence-electron chi connectivity index (χ1n) is 5.45. The number of benzene rings is 1. The summed E-state index contributed by atoms with van der Waals surface area (Å²) in [6.07, 6.45) is 1.02. The summed E-state index contributed by atoms with van der Waals surface area (Å²) in [6.45, 7) is 6.63. The fourth-order valence-corrected chi connectivity index (χ4v) is 1.79. The van der Waals surface area contributed by atoms with E-state index in [0.717, 1.165) is 6.42 Å². The van der Waals surface area contributed by atoms with Gasteiger partial charge in [0.2, 0.25) is 0 Å². The zero-order valence-corrected chi connectivity index (χ0v) is 9.62. The fraction of sp³-hybridized carbons (Fsp3) is 0.462. The Labute approximate surface area is 91.4 Å². The van der Waals surface area contributed by atoms with Crippen LogP contribution in [0.15, 0.2) is 35.4 Å². The maximum atomic E-state index is 4.43. The van der Waals surface area contributed by atoms with Crippen LogP contribution in [0.5, 0.6) is 0 Å². The molecule has 1 aromatic carbocycles. The lowest BCUT2D eigenvalue weighted by Crippen LogP contribution is -2.18. The first kappa shape index (κ1) is 10.2. The summed E-state index contributed by atoms with van der Waals surface area (Å²) in [4.78, 5) is 0. The average Bonchev–Trinajstić information content (AvgIpc) is 2.67. The number of hydrazone groups is 1. The highest BCUT2D eigenvalue weighted by Crippen LogP contribution is 2.29. The van der Waals surface area contributed by atoms with Crippen LogP contribution in [0.2, 0.25) is 0 Å². The van der Waals surface area contributed by atoms with Gasteiger partial charge in [0.05, 0.1) is 6.04 Å². The summed E-state index contributed by atoms with van der Waals surface area (Å²) in [6, 6.07) is 10.9. The number of rotatable bonds is 1. The first-order chi connectivity index (χ1) is 7.07. The Morgan fingerprint density at radius 2 is 1.87 bits per heavy atom. The molecule has 2 rings (SSSR count). The van der Waals surface area contributed by atoms with E-state index in [1.54, 1.807) is 0 Å². The predicted molar refractivity (Wildman–Crippen MR) is 63.8 cm³/mol. The van der Waals surface area contributed by atoms with Gasteiger partial charge in [-0.25, -0.2) is 0 Å². The van der Waals surface area contributed by atoms with Crippen LogP contribution < -0.4 is 5.43 Å². The molecule has 1 N–H and O–H groups in total. The van der Waals surface area contributed by atoms with E-state index in [0.29, 0.717) is 6.04 Å². The van der Waals surface area contributed by atoms with E-state index >= 15 is 0 Å². The minimum Gasteiger partial charge on any atom is -0.302 e. The second-order valence-electron chi connectivity index (χ2n) is 5.10. The maximum absolute atomic E-state index is 4.43. The van der Waals surface area contributed by atoms with Gasteiger partial charge in [0.1, 0.15) is 0 Å². The van der Waals surface area contributed by atoms with Crippen molar-refractivity contribution in [3.63, 3.8) is 0 Å². The van der Waals surface area contributed by atoms with Crippen LogP contribution in [0.25, 0.3) is 0 Å². The molecule has 0 radical (unpaired) electrons. The van der Waals surface area contributed by atoms with E-state index in [-0.39, 0.29) is 5.41 Å². The molecule has 0 saturated heterocycles. The molecule has 1 aliphatic heterocycles. The predicted octanol–water partition coefficient (Wildman–Crippen LogP) is 3.12. The SMILES string of the molecule is CC(C)(C)C1=NNC(c2ccccc2)C1. The van der Waals surface area contributed by atoms with Crippen molar-refractivity contribution < 1.29 is 0 Å². The summed E-state index contributed by atoms with van der Waals surface area (Å²) in [5.74, 6) is 0. The van der Waals surface area contributed by atoms with E-state index < -0.39 is 0 Å². The molecule has 1 unspecified atom stereocenters. The van der Waals surface area contributed by atoms with Gasteiger partial charge >= 0.3 is 0 Å². The van der Waals surface area contributed by atoms with Gasteiger partial charge in [-0.3, -0.25) is 0 Å². The van der Waals surface area contributed by atoms with Crippen LogP contribution in [0.1, 0.15) is 38.8 Å². The van der Waals surface area contributed by atoms with E-state index in [1.165, 1.54) is 11.3 Å². The van der Waals surface area contributed by atoms with Crippen molar-refractivity contribution in [2.45, 2.75) is 33.2 Å². The van der Waals surface area contributed by atoms with Crippen LogP contribution in [-0.4, -0.2) is 5.71 Å². The van der Waals surface area contributed by atoms with Crippen LogP contribution in [-0.2, 0) is 0 Å². The Morgan fingerprint density at radius 1 is 1.20 bits per heavy atom. The van der Waals surface area contributed by atoms with Gasteiger partial charge in [-0.1, -0.05) is 51.1 Å². The molecule has 0 spiro atoms. The van der Waals surface area contributed by atoms with Gasteiger partial charge in [0.15, 0.2) is 0 Å². The molecule has 1 aliphatic rings. The monoisotopic (exact) mass is 202 g/mol. The molecule has 0 fully saturated rings. The molecule has 0 aliphatic carbocycles. The Bertz CT molecular complexity index is 360. The van der Waals surface area contributed by atoms with Gasteiger partial charge in [-0.2, -0.15) is 5.10 Å². The van der Waals surface area contributed by atoms with Crippen LogP contribution in [0, 0.1) is 5.41 Å². The molecular weight excluding hydrogens is 184 g/mol. The average molecular weight is 202 g/mol. The zero-order chi connectivity index (χ0) is 10.9. The quantitative estimate of drug-likeness (QED) is 0.743. The van der Waals surface area contributed by atoms with Crippen molar-refractivity contribution in [3.8, 4) is 0 Å². The van der Waals surface area contributed by atoms with Gasteiger partial charge in [0.25, 0.3) is 0 Å². The second-order valence-corrected chi connectivity index (χ2v) is 5.10. The highest BCUT2D eigenvalue weighted by molar-refractivity contribution is 5.90. The molecule has 1 atom stereocenters. The highest BCUT2D eigenvalue weighted by atomic mass is 15.3. The van der Waals surface area contributed by atoms with Crippen molar-refractivity contribution >= 4 is 5.71 Å². The Hall–Kier alpha value is -1.31. The molecule has 0 amide bonds. The van der Waals surface area contributed by atoms with Gasteiger partial charge in [-0.05, 0) is 5.56 Å². The maximum Gasteiger partial charge on any atom is 0.0742 e. The third-order valence-electron chi connectivity index (χ3n) is 2.82. The zero-order valence-electron chi connectivity index (χ0n) is 9.62. The van der Waals surface area contributed by atoms with E-state index in [1.807, 2.05) is 6.07 Å². The lowest BCUT2D eigenvalue weighted by atomic mass is 9.86. The van der Waals surface area contributed by atoms with E-state index in [4.69, 9.17) is 0 Å². The molecule has 0 aromatic heterocycles. The van der Waals surface area contributed by atoms with Crippen molar-refractivity contribution in [2.75, 3.05) is 0 Å². The summed E-state index contributed by atoms with van der Waals surface area (Å²) < 4.78 is 0. The standard InChI is InChI=1S/C13H18N2/c1-13(2,3)12-9-11(14-15-12)10-7-5-4-6-8-10/h4-8,11,14H,9H2,1-3H3. The molecule has 15 heavy (non-hydrogen) atoms. The first-order valence-corrected chi connectivity index (χ1v) is 5.45. The molecule has 2 heteroatoms. The van der Waals surface area contributed by atoms with Crippen LogP contribution in [0.3, 0.4) is 0 Å². The summed E-state index contributed by atoms with van der Waals surface area (Å²) in [7, 11) is 0. The van der Waals surface area contributed by atoms with E-state index in [2.05, 4.69) is 55.6 Å². The lowest BCUT2D eigenvalue weighted by molar-refractivity contribution is 0.576. The largest absolute Gasteiger partial charge is 0.302 e. The fourth-order valence-electron chi connectivity index (χ4n) is 1.79. The molecule has 1 aromatic rings. The van der Waals surface area contributed by atoms with Crippen molar-refractivity contribution in [1.82, 2.24) is 5.43 Å². The highest BCUT2D eigenvalue weighted by Gasteiger charge is 2.27. The summed E-state index contributed by atoms with van der Waals surface area (Å²) >= 11 is 0. The molecule has 2 nitrogen and oxygen atoms in total. The second kappa shape index (κ2) is 3.69. The number of nitrogens with one attached hydrogen (secondary N) is 1. The summed E-state index contributed by atoms with van der Waals surface area (Å²) in [5.41, 5.74) is 5.98. The molecule has 1 heterocycles.